The van der Waals surface area contributed by atoms with E-state index < -0.39 is 11.5 Å². The number of nitrogens with zero attached hydrogens (tertiary/aromatic N) is 4. The number of hydrogen-bond acceptors (Lipinski definition) is 4. The first-order chi connectivity index (χ1) is 13.0. The number of nitrogens with one attached hydrogen (secondary N) is 2. The molecule has 9 heteroatoms. The molecule has 1 aromatic heterocycles. The lowest BCUT2D eigenvalue weighted by molar-refractivity contribution is 0.0628. The highest BCUT2D eigenvalue weighted by molar-refractivity contribution is 5.94. The Hall–Kier alpha value is -2.94. The van der Waals surface area contributed by atoms with Gasteiger partial charge in [0.15, 0.2) is 0 Å². The van der Waals surface area contributed by atoms with E-state index in [1.165, 1.54) is 17.1 Å². The van der Waals surface area contributed by atoms with Crippen molar-refractivity contribution in [1.82, 2.24) is 25.4 Å². The number of aromatic nitrogens is 2. The molecule has 2 aliphatic rings. The van der Waals surface area contributed by atoms with Crippen molar-refractivity contribution in [3.63, 3.8) is 0 Å². The van der Waals surface area contributed by atoms with Gasteiger partial charge in [-0.25, -0.2) is 19.6 Å². The van der Waals surface area contributed by atoms with Crippen LogP contribution in [0.15, 0.2) is 36.5 Å². The number of hydrazine groups is 1. The fourth-order valence-corrected chi connectivity index (χ4v) is 3.61. The van der Waals surface area contributed by atoms with E-state index in [9.17, 15) is 14.0 Å². The molecule has 0 atom stereocenters. The third-order valence-corrected chi connectivity index (χ3v) is 5.08. The van der Waals surface area contributed by atoms with Crippen LogP contribution < -0.4 is 15.8 Å². The van der Waals surface area contributed by atoms with E-state index in [1.54, 1.807) is 34.0 Å². The number of carbonyl (C=O) groups is 2. The molecule has 3 heterocycles. The third kappa shape index (κ3) is 3.14. The maximum absolute atomic E-state index is 13.5. The van der Waals surface area contributed by atoms with E-state index in [0.717, 1.165) is 0 Å². The van der Waals surface area contributed by atoms with Crippen LogP contribution in [0.2, 0.25) is 0 Å². The smallest absolute Gasteiger partial charge is 0.337 e. The number of likely N-dealkylation sites (tertiary alicyclic amines) is 1. The summed E-state index contributed by atoms with van der Waals surface area (Å²) in [5, 5.41) is 8.42. The first-order valence-electron chi connectivity index (χ1n) is 8.98. The van der Waals surface area contributed by atoms with Gasteiger partial charge in [0.05, 0.1) is 5.69 Å². The zero-order chi connectivity index (χ0) is 19.0. The van der Waals surface area contributed by atoms with Gasteiger partial charge in [-0.1, -0.05) is 6.07 Å². The average molecular weight is 372 g/mol. The van der Waals surface area contributed by atoms with Crippen molar-refractivity contribution in [3.8, 4) is 0 Å². The molecular formula is C18H21FN6O2. The standard InChI is InChI=1S/C18H21FN6O2/c1-2-24-15(6-9-20-24)16(26)23-10-7-18(8-11-23)21-17(27)25(22-18)14-5-3-4-13(19)12-14/h3-6,9,12,22H,2,7-8,10-11H2,1H3,(H,21,27). The molecule has 27 heavy (non-hydrogen) atoms. The number of hydrogen-bond donors (Lipinski definition) is 2. The molecule has 2 saturated heterocycles. The van der Waals surface area contributed by atoms with Gasteiger partial charge in [-0.3, -0.25) is 9.48 Å². The molecule has 2 fully saturated rings. The van der Waals surface area contributed by atoms with Gasteiger partial charge < -0.3 is 10.2 Å². The van der Waals surface area contributed by atoms with E-state index in [1.807, 2.05) is 6.92 Å². The van der Waals surface area contributed by atoms with Crippen molar-refractivity contribution in [2.45, 2.75) is 32.0 Å². The Labute approximate surface area is 155 Å². The zero-order valence-electron chi connectivity index (χ0n) is 15.0. The number of piperidine rings is 1. The van der Waals surface area contributed by atoms with Crippen LogP contribution in [0, 0.1) is 5.82 Å². The van der Waals surface area contributed by atoms with E-state index >= 15 is 0 Å². The number of rotatable bonds is 3. The number of aryl methyl sites for hydroxylation is 1. The van der Waals surface area contributed by atoms with Crippen molar-refractivity contribution in [1.29, 1.82) is 0 Å². The molecule has 4 rings (SSSR count). The largest absolute Gasteiger partial charge is 0.338 e. The molecule has 1 aromatic carbocycles. The van der Waals surface area contributed by atoms with E-state index in [-0.39, 0.29) is 11.9 Å². The Morgan fingerprint density at radius 2 is 2.07 bits per heavy atom. The minimum Gasteiger partial charge on any atom is -0.337 e. The molecule has 8 nitrogen and oxygen atoms in total. The number of halogens is 1. The van der Waals surface area contributed by atoms with Crippen LogP contribution in [-0.2, 0) is 6.54 Å². The summed E-state index contributed by atoms with van der Waals surface area (Å²) in [6.07, 6.45) is 2.73. The van der Waals surface area contributed by atoms with Crippen molar-refractivity contribution < 1.29 is 14.0 Å². The fraction of sp³-hybridized carbons (Fsp3) is 0.389. The molecule has 142 valence electrons. The first kappa shape index (κ1) is 17.5. The van der Waals surface area contributed by atoms with Crippen molar-refractivity contribution in [2.24, 2.45) is 0 Å². The summed E-state index contributed by atoms with van der Waals surface area (Å²) in [5.74, 6) is -0.466. The molecule has 2 N–H and O–H groups in total. The second-order valence-electron chi connectivity index (χ2n) is 6.76. The van der Waals surface area contributed by atoms with Crippen LogP contribution in [0.1, 0.15) is 30.3 Å². The van der Waals surface area contributed by atoms with Crippen LogP contribution in [0.4, 0.5) is 14.9 Å². The monoisotopic (exact) mass is 372 g/mol. The van der Waals surface area contributed by atoms with E-state index in [4.69, 9.17) is 0 Å². The summed E-state index contributed by atoms with van der Waals surface area (Å²) in [6.45, 7) is 3.57. The van der Waals surface area contributed by atoms with Crippen LogP contribution in [-0.4, -0.2) is 45.4 Å². The fourth-order valence-electron chi connectivity index (χ4n) is 3.61. The topological polar surface area (TPSA) is 82.5 Å². The maximum atomic E-state index is 13.5. The van der Waals surface area contributed by atoms with Crippen molar-refractivity contribution >= 4 is 17.6 Å². The highest BCUT2D eigenvalue weighted by Gasteiger charge is 2.45. The van der Waals surface area contributed by atoms with E-state index in [0.29, 0.717) is 43.9 Å². The van der Waals surface area contributed by atoms with Gasteiger partial charge in [0.1, 0.15) is 17.2 Å². The molecule has 2 aromatic rings. The summed E-state index contributed by atoms with van der Waals surface area (Å²) in [4.78, 5) is 26.9. The summed E-state index contributed by atoms with van der Waals surface area (Å²) in [5.41, 5.74) is 3.54. The van der Waals surface area contributed by atoms with Gasteiger partial charge in [-0.05, 0) is 31.2 Å². The Bertz CT molecular complexity index is 874. The number of benzene rings is 1. The van der Waals surface area contributed by atoms with Crippen LogP contribution in [0.5, 0.6) is 0 Å². The molecule has 0 radical (unpaired) electrons. The lowest BCUT2D eigenvalue weighted by Crippen LogP contribution is -2.58. The molecule has 0 unspecified atom stereocenters. The number of carbonyl (C=O) groups excluding carboxylic acids is 2. The van der Waals surface area contributed by atoms with Crippen LogP contribution in [0.3, 0.4) is 0 Å². The van der Waals surface area contributed by atoms with Gasteiger partial charge >= 0.3 is 6.03 Å². The van der Waals surface area contributed by atoms with Crippen LogP contribution in [0.25, 0.3) is 0 Å². The molecule has 0 bridgehead atoms. The number of amides is 3. The molecular weight excluding hydrogens is 351 g/mol. The van der Waals surface area contributed by atoms with Gasteiger partial charge in [0, 0.05) is 38.7 Å². The van der Waals surface area contributed by atoms with Crippen LogP contribution >= 0.6 is 0 Å². The van der Waals surface area contributed by atoms with Gasteiger partial charge in [-0.15, -0.1) is 0 Å². The summed E-state index contributed by atoms with van der Waals surface area (Å²) < 4.78 is 15.2. The second kappa shape index (κ2) is 6.66. The molecule has 1 spiro atoms. The minimum absolute atomic E-state index is 0.0597. The highest BCUT2D eigenvalue weighted by Crippen LogP contribution is 2.28. The predicted molar refractivity (Wildman–Crippen MR) is 96.3 cm³/mol. The quantitative estimate of drug-likeness (QED) is 0.859. The van der Waals surface area contributed by atoms with Gasteiger partial charge in [0.25, 0.3) is 5.91 Å². The lowest BCUT2D eigenvalue weighted by Gasteiger charge is -2.38. The molecule has 0 saturated carbocycles. The Morgan fingerprint density at radius 1 is 1.30 bits per heavy atom. The number of anilines is 1. The Morgan fingerprint density at radius 3 is 2.78 bits per heavy atom. The summed E-state index contributed by atoms with van der Waals surface area (Å²) in [7, 11) is 0. The minimum atomic E-state index is -0.634. The Kier molecular flexibility index (Phi) is 4.31. The van der Waals surface area contributed by atoms with Gasteiger partial charge in [-0.2, -0.15) is 5.10 Å². The SMILES string of the molecule is CCn1nccc1C(=O)N1CCC2(CC1)NC(=O)N(c1cccc(F)c1)N2. The van der Waals surface area contributed by atoms with Gasteiger partial charge in [0.2, 0.25) is 0 Å². The highest BCUT2D eigenvalue weighted by atomic mass is 19.1. The zero-order valence-corrected chi connectivity index (χ0v) is 15.0. The first-order valence-corrected chi connectivity index (χ1v) is 8.98. The summed E-state index contributed by atoms with van der Waals surface area (Å²) >= 11 is 0. The van der Waals surface area contributed by atoms with E-state index in [2.05, 4.69) is 15.8 Å². The Balaban J connectivity index is 1.44. The number of urea groups is 1. The molecule has 0 aliphatic carbocycles. The predicted octanol–water partition coefficient (Wildman–Crippen LogP) is 1.71. The van der Waals surface area contributed by atoms with Crippen molar-refractivity contribution in [2.75, 3.05) is 18.1 Å². The van der Waals surface area contributed by atoms with Crippen molar-refractivity contribution in [3.05, 3.63) is 48.0 Å². The average Bonchev–Trinajstić information content (AvgIpc) is 3.26. The summed E-state index contributed by atoms with van der Waals surface area (Å²) in [6, 6.07) is 7.25. The second-order valence-corrected chi connectivity index (χ2v) is 6.76. The lowest BCUT2D eigenvalue weighted by atomic mass is 9.98. The molecule has 3 amide bonds. The molecule has 2 aliphatic heterocycles. The third-order valence-electron chi connectivity index (χ3n) is 5.08. The normalized spacial score (nSPS) is 18.8. The maximum Gasteiger partial charge on any atom is 0.338 e.